The van der Waals surface area contributed by atoms with Gasteiger partial charge in [0.2, 0.25) is 0 Å². The highest BCUT2D eigenvalue weighted by molar-refractivity contribution is 6.31. The van der Waals surface area contributed by atoms with Crippen LogP contribution in [0, 0.1) is 19.7 Å². The van der Waals surface area contributed by atoms with Gasteiger partial charge < -0.3 is 10.6 Å². The van der Waals surface area contributed by atoms with Crippen molar-refractivity contribution in [3.63, 3.8) is 0 Å². The third-order valence-corrected chi connectivity index (χ3v) is 4.34. The Morgan fingerprint density at radius 2 is 2.00 bits per heavy atom. The lowest BCUT2D eigenvalue weighted by atomic mass is 10.1. The molecule has 26 heavy (non-hydrogen) atoms. The minimum Gasteiger partial charge on any atom is -0.381 e. The first-order chi connectivity index (χ1) is 12.4. The number of nitrogens with one attached hydrogen (secondary N) is 3. The molecule has 0 saturated carbocycles. The molecule has 7 heteroatoms. The van der Waals surface area contributed by atoms with Gasteiger partial charge >= 0.3 is 0 Å². The van der Waals surface area contributed by atoms with Crippen molar-refractivity contribution >= 4 is 28.9 Å². The van der Waals surface area contributed by atoms with E-state index in [9.17, 15) is 9.18 Å². The molecule has 0 fully saturated rings. The zero-order valence-corrected chi connectivity index (χ0v) is 15.1. The van der Waals surface area contributed by atoms with Gasteiger partial charge in [-0.2, -0.15) is 5.10 Å². The number of hydrogen-bond acceptors (Lipinski definition) is 3. The van der Waals surface area contributed by atoms with E-state index in [-0.39, 0.29) is 10.9 Å². The van der Waals surface area contributed by atoms with Crippen molar-refractivity contribution in [1.29, 1.82) is 0 Å². The monoisotopic (exact) mass is 372 g/mol. The Morgan fingerprint density at radius 1 is 1.19 bits per heavy atom. The molecule has 0 aliphatic rings. The van der Waals surface area contributed by atoms with E-state index in [2.05, 4.69) is 20.8 Å². The summed E-state index contributed by atoms with van der Waals surface area (Å²) in [5.74, 6) is -0.826. The lowest BCUT2D eigenvalue weighted by molar-refractivity contribution is 0.102. The second kappa shape index (κ2) is 7.58. The lowest BCUT2D eigenvalue weighted by Gasteiger charge is -2.10. The average Bonchev–Trinajstić information content (AvgIpc) is 2.94. The highest BCUT2D eigenvalue weighted by atomic mass is 35.5. The van der Waals surface area contributed by atoms with E-state index in [1.54, 1.807) is 18.2 Å². The normalized spacial score (nSPS) is 10.6. The van der Waals surface area contributed by atoms with E-state index >= 15 is 0 Å². The quantitative estimate of drug-likeness (QED) is 0.608. The molecule has 1 aromatic heterocycles. The second-order valence-corrected chi connectivity index (χ2v) is 6.34. The molecule has 3 N–H and O–H groups in total. The molecule has 0 saturated heterocycles. The molecule has 3 aromatic rings. The van der Waals surface area contributed by atoms with Crippen LogP contribution in [0.2, 0.25) is 5.02 Å². The maximum atomic E-state index is 13.2. The number of carbonyl (C=O) groups excluding carboxylic acids is 1. The van der Waals surface area contributed by atoms with Gasteiger partial charge in [-0.15, -0.1) is 0 Å². The number of hydrogen-bond donors (Lipinski definition) is 3. The minimum absolute atomic E-state index is 0.0379. The Hall–Kier alpha value is -2.86. The number of amides is 1. The average molecular weight is 373 g/mol. The fourth-order valence-corrected chi connectivity index (χ4v) is 2.75. The van der Waals surface area contributed by atoms with Crippen LogP contribution in [0.25, 0.3) is 0 Å². The smallest absolute Gasteiger partial charge is 0.255 e. The van der Waals surface area contributed by atoms with E-state index in [0.29, 0.717) is 17.8 Å². The van der Waals surface area contributed by atoms with E-state index in [1.807, 2.05) is 19.9 Å². The molecular formula is C19H18ClFN4O. The maximum absolute atomic E-state index is 13.2. The molecule has 0 atom stereocenters. The van der Waals surface area contributed by atoms with Crippen molar-refractivity contribution in [2.45, 2.75) is 20.4 Å². The van der Waals surface area contributed by atoms with Gasteiger partial charge in [0.15, 0.2) is 0 Å². The fourth-order valence-electron chi connectivity index (χ4n) is 2.57. The summed E-state index contributed by atoms with van der Waals surface area (Å²) >= 11 is 5.74. The molecule has 0 bridgehead atoms. The summed E-state index contributed by atoms with van der Waals surface area (Å²) in [4.78, 5) is 12.4. The number of nitrogens with zero attached hydrogens (tertiary/aromatic N) is 1. The molecule has 5 nitrogen and oxygen atoms in total. The van der Waals surface area contributed by atoms with Gasteiger partial charge in [0.05, 0.1) is 10.7 Å². The van der Waals surface area contributed by atoms with Crippen LogP contribution in [0.4, 0.5) is 15.8 Å². The summed E-state index contributed by atoms with van der Waals surface area (Å²) in [6, 6.07) is 11.2. The van der Waals surface area contributed by atoms with Gasteiger partial charge in [-0.05, 0) is 50.2 Å². The molecule has 0 aliphatic heterocycles. The van der Waals surface area contributed by atoms with Crippen molar-refractivity contribution in [3.8, 4) is 0 Å². The van der Waals surface area contributed by atoms with Gasteiger partial charge in [-0.25, -0.2) is 4.39 Å². The van der Waals surface area contributed by atoms with Crippen LogP contribution < -0.4 is 10.6 Å². The van der Waals surface area contributed by atoms with Crippen LogP contribution in [-0.4, -0.2) is 16.1 Å². The van der Waals surface area contributed by atoms with Crippen LogP contribution in [0.1, 0.15) is 27.3 Å². The lowest BCUT2D eigenvalue weighted by Crippen LogP contribution is -2.12. The fraction of sp³-hybridized carbons (Fsp3) is 0.158. The predicted octanol–water partition coefficient (Wildman–Crippen LogP) is 4.68. The largest absolute Gasteiger partial charge is 0.381 e. The predicted molar refractivity (Wildman–Crippen MR) is 101 cm³/mol. The Morgan fingerprint density at radius 3 is 2.69 bits per heavy atom. The zero-order chi connectivity index (χ0) is 18.7. The topological polar surface area (TPSA) is 69.8 Å². The van der Waals surface area contributed by atoms with Crippen LogP contribution in [0.3, 0.4) is 0 Å². The summed E-state index contributed by atoms with van der Waals surface area (Å²) in [7, 11) is 0. The number of aromatic amines is 1. The summed E-state index contributed by atoms with van der Waals surface area (Å²) in [6.07, 6.45) is 0. The third kappa shape index (κ3) is 4.03. The van der Waals surface area contributed by atoms with Crippen molar-refractivity contribution in [2.75, 3.05) is 10.6 Å². The van der Waals surface area contributed by atoms with Gasteiger partial charge in [-0.3, -0.25) is 9.89 Å². The molecular weight excluding hydrogens is 355 g/mol. The van der Waals surface area contributed by atoms with E-state index < -0.39 is 5.82 Å². The molecule has 0 spiro atoms. The Bertz CT molecular complexity index is 935. The number of H-pyrrole nitrogens is 1. The number of benzene rings is 2. The first-order valence-corrected chi connectivity index (χ1v) is 8.42. The summed E-state index contributed by atoms with van der Waals surface area (Å²) in [5.41, 5.74) is 4.78. The van der Waals surface area contributed by atoms with Crippen LogP contribution in [0.15, 0.2) is 42.5 Å². The molecule has 1 amide bonds. The number of rotatable bonds is 5. The second-order valence-electron chi connectivity index (χ2n) is 5.93. The van der Waals surface area contributed by atoms with Gasteiger partial charge in [0.1, 0.15) is 5.82 Å². The van der Waals surface area contributed by atoms with Crippen molar-refractivity contribution in [1.82, 2.24) is 10.2 Å². The third-order valence-electron chi connectivity index (χ3n) is 4.05. The van der Waals surface area contributed by atoms with Crippen LogP contribution >= 0.6 is 11.6 Å². The van der Waals surface area contributed by atoms with Crippen LogP contribution in [-0.2, 0) is 6.54 Å². The minimum atomic E-state index is -0.527. The Balaban J connectivity index is 1.70. The summed E-state index contributed by atoms with van der Waals surface area (Å²) in [5, 5.41) is 13.1. The number of anilines is 2. The standard InChI is InChI=1S/C19H18ClFN4O/c1-11-16(12(2)25-24-11)10-22-14-5-3-4-13(8-14)19(26)23-15-6-7-18(21)17(20)9-15/h3-9,22H,10H2,1-2H3,(H,23,26)(H,24,25). The molecule has 2 aromatic carbocycles. The molecule has 0 unspecified atom stereocenters. The molecule has 0 radical (unpaired) electrons. The van der Waals surface area contributed by atoms with E-state index in [0.717, 1.165) is 22.6 Å². The van der Waals surface area contributed by atoms with Gasteiger partial charge in [0, 0.05) is 34.7 Å². The van der Waals surface area contributed by atoms with Crippen molar-refractivity contribution in [2.24, 2.45) is 0 Å². The summed E-state index contributed by atoms with van der Waals surface area (Å²) < 4.78 is 13.2. The van der Waals surface area contributed by atoms with E-state index in [4.69, 9.17) is 11.6 Å². The molecule has 3 rings (SSSR count). The highest BCUT2D eigenvalue weighted by Gasteiger charge is 2.10. The first kappa shape index (κ1) is 17.9. The maximum Gasteiger partial charge on any atom is 0.255 e. The van der Waals surface area contributed by atoms with Gasteiger partial charge in [-0.1, -0.05) is 17.7 Å². The van der Waals surface area contributed by atoms with Crippen molar-refractivity contribution < 1.29 is 9.18 Å². The van der Waals surface area contributed by atoms with Gasteiger partial charge in [0.25, 0.3) is 5.91 Å². The summed E-state index contributed by atoms with van der Waals surface area (Å²) in [6.45, 7) is 4.51. The molecule has 1 heterocycles. The Kier molecular flexibility index (Phi) is 5.23. The van der Waals surface area contributed by atoms with Crippen LogP contribution in [0.5, 0.6) is 0 Å². The number of aromatic nitrogens is 2. The Labute approximate surface area is 155 Å². The van der Waals surface area contributed by atoms with E-state index in [1.165, 1.54) is 18.2 Å². The number of halogens is 2. The number of aryl methyl sites for hydroxylation is 2. The van der Waals surface area contributed by atoms with Crippen molar-refractivity contribution in [3.05, 3.63) is 75.8 Å². The zero-order valence-electron chi connectivity index (χ0n) is 14.4. The molecule has 0 aliphatic carbocycles. The molecule has 134 valence electrons. The first-order valence-electron chi connectivity index (χ1n) is 8.05. The number of carbonyl (C=O) groups is 1. The SMILES string of the molecule is Cc1n[nH]c(C)c1CNc1cccc(C(=O)Nc2ccc(F)c(Cl)c2)c1. The highest BCUT2D eigenvalue weighted by Crippen LogP contribution is 2.21.